The molecule has 0 saturated carbocycles. The third-order valence-corrected chi connectivity index (χ3v) is 3.10. The van der Waals surface area contributed by atoms with Gasteiger partial charge < -0.3 is 29.7 Å². The molecular weight excluding hydrogens is 291 g/mol. The van der Waals surface area contributed by atoms with Gasteiger partial charge in [-0.05, 0) is 45.9 Å². The fourth-order valence-electron chi connectivity index (χ4n) is 1.22. The molecule has 0 saturated heterocycles. The molecular formula is C14H23BO7. The van der Waals surface area contributed by atoms with Crippen LogP contribution in [0.25, 0.3) is 0 Å². The highest BCUT2D eigenvalue weighted by atomic mass is 16.5. The van der Waals surface area contributed by atoms with Crippen molar-refractivity contribution in [3.8, 4) is 5.75 Å². The lowest BCUT2D eigenvalue weighted by atomic mass is 9.89. The van der Waals surface area contributed by atoms with Crippen LogP contribution in [0.4, 0.5) is 0 Å². The van der Waals surface area contributed by atoms with E-state index in [4.69, 9.17) is 19.8 Å². The van der Waals surface area contributed by atoms with E-state index >= 15 is 0 Å². The smallest absolute Gasteiger partial charge is 0.485 e. The molecule has 8 heteroatoms. The fourth-order valence-corrected chi connectivity index (χ4v) is 1.22. The molecule has 22 heavy (non-hydrogen) atoms. The summed E-state index contributed by atoms with van der Waals surface area (Å²) in [5.74, 6) is 0.103. The largest absolute Gasteiger partial charge is 0.631 e. The zero-order valence-electron chi connectivity index (χ0n) is 13.4. The van der Waals surface area contributed by atoms with Gasteiger partial charge in [-0.3, -0.25) is 0 Å². The van der Waals surface area contributed by atoms with Gasteiger partial charge >= 0.3 is 13.3 Å². The Morgan fingerprint density at radius 1 is 1.14 bits per heavy atom. The van der Waals surface area contributed by atoms with E-state index in [0.717, 1.165) is 0 Å². The van der Waals surface area contributed by atoms with Crippen molar-refractivity contribution in [3.05, 3.63) is 29.8 Å². The van der Waals surface area contributed by atoms with Crippen LogP contribution in [-0.2, 0) is 4.74 Å². The molecule has 0 aliphatic heterocycles. The summed E-state index contributed by atoms with van der Waals surface area (Å²) >= 11 is 0. The highest BCUT2D eigenvalue weighted by Crippen LogP contribution is 2.28. The summed E-state index contributed by atoms with van der Waals surface area (Å²) in [7, 11) is -0.837. The van der Waals surface area contributed by atoms with Crippen LogP contribution in [0.15, 0.2) is 24.3 Å². The van der Waals surface area contributed by atoms with Gasteiger partial charge in [0.1, 0.15) is 11.4 Å². The first kappa shape index (κ1) is 20.4. The van der Waals surface area contributed by atoms with Crippen LogP contribution < -0.4 is 4.74 Å². The molecule has 0 amide bonds. The number of esters is 1. The Hall–Kier alpha value is -1.61. The average molecular weight is 314 g/mol. The standard InChI is InChI=1S/C14H20O4.BH3O3/c1-13(2,16)14(3,4)18-11-8-6-7-10(9-11)12(15)17-5;2-1(3)4/h6-9,16H,1-5H3;2-4H. The number of carbonyl (C=O) groups excluding carboxylic acids is 1. The molecule has 0 heterocycles. The van der Waals surface area contributed by atoms with E-state index in [0.29, 0.717) is 11.3 Å². The van der Waals surface area contributed by atoms with Crippen LogP contribution in [0.2, 0.25) is 0 Å². The maximum absolute atomic E-state index is 11.4. The van der Waals surface area contributed by atoms with Gasteiger partial charge in [-0.25, -0.2) is 4.79 Å². The van der Waals surface area contributed by atoms with Crippen molar-refractivity contribution in [1.29, 1.82) is 0 Å². The van der Waals surface area contributed by atoms with E-state index in [2.05, 4.69) is 4.74 Å². The first-order valence-electron chi connectivity index (χ1n) is 6.54. The van der Waals surface area contributed by atoms with E-state index in [1.54, 1.807) is 52.0 Å². The van der Waals surface area contributed by atoms with Crippen LogP contribution >= 0.6 is 0 Å². The van der Waals surface area contributed by atoms with Gasteiger partial charge in [0.25, 0.3) is 0 Å². The van der Waals surface area contributed by atoms with E-state index in [1.807, 2.05) is 0 Å². The minimum atomic E-state index is -2.17. The summed E-state index contributed by atoms with van der Waals surface area (Å²) in [6.07, 6.45) is 0. The molecule has 124 valence electrons. The Morgan fingerprint density at radius 2 is 1.64 bits per heavy atom. The van der Waals surface area contributed by atoms with Crippen LogP contribution in [0.3, 0.4) is 0 Å². The van der Waals surface area contributed by atoms with Crippen molar-refractivity contribution in [2.24, 2.45) is 0 Å². The highest BCUT2D eigenvalue weighted by Gasteiger charge is 2.37. The zero-order chi connectivity index (χ0) is 17.6. The van der Waals surface area contributed by atoms with Crippen molar-refractivity contribution >= 4 is 13.3 Å². The normalized spacial score (nSPS) is 11.1. The Balaban J connectivity index is 0.000000980. The Bertz CT molecular complexity index is 478. The molecule has 0 aliphatic rings. The zero-order valence-corrected chi connectivity index (χ0v) is 13.4. The number of hydrogen-bond donors (Lipinski definition) is 4. The summed E-state index contributed by atoms with van der Waals surface area (Å²) in [6.45, 7) is 6.93. The second kappa shape index (κ2) is 8.14. The number of aliphatic hydroxyl groups is 1. The number of benzene rings is 1. The van der Waals surface area contributed by atoms with Crippen LogP contribution in [0, 0.1) is 0 Å². The fraction of sp³-hybridized carbons (Fsp3) is 0.500. The maximum Gasteiger partial charge on any atom is 0.631 e. The minimum Gasteiger partial charge on any atom is -0.485 e. The molecule has 0 bridgehead atoms. The minimum absolute atomic E-state index is 0.415. The van der Waals surface area contributed by atoms with Gasteiger partial charge in [0.05, 0.1) is 18.3 Å². The van der Waals surface area contributed by atoms with Gasteiger partial charge in [-0.2, -0.15) is 0 Å². The molecule has 0 spiro atoms. The summed E-state index contributed by atoms with van der Waals surface area (Å²) in [6, 6.07) is 6.69. The maximum atomic E-state index is 11.4. The molecule has 7 nitrogen and oxygen atoms in total. The predicted molar refractivity (Wildman–Crippen MR) is 81.2 cm³/mol. The molecule has 0 atom stereocenters. The molecule has 4 N–H and O–H groups in total. The second-order valence-corrected chi connectivity index (χ2v) is 5.54. The van der Waals surface area contributed by atoms with E-state index in [9.17, 15) is 9.90 Å². The third-order valence-electron chi connectivity index (χ3n) is 3.10. The first-order valence-corrected chi connectivity index (χ1v) is 6.54. The van der Waals surface area contributed by atoms with Crippen LogP contribution in [0.5, 0.6) is 5.75 Å². The lowest BCUT2D eigenvalue weighted by molar-refractivity contribution is -0.0906. The molecule has 0 unspecified atom stereocenters. The number of ether oxygens (including phenoxy) is 2. The van der Waals surface area contributed by atoms with Crippen molar-refractivity contribution < 1.29 is 34.4 Å². The van der Waals surface area contributed by atoms with Crippen molar-refractivity contribution in [2.75, 3.05) is 7.11 Å². The van der Waals surface area contributed by atoms with Gasteiger partial charge in [0.15, 0.2) is 0 Å². The third kappa shape index (κ3) is 6.90. The Labute approximate surface area is 130 Å². The molecule has 1 rings (SSSR count). The predicted octanol–water partition coefficient (Wildman–Crippen LogP) is 0.350. The van der Waals surface area contributed by atoms with Crippen LogP contribution in [-0.4, -0.2) is 51.8 Å². The van der Waals surface area contributed by atoms with Crippen molar-refractivity contribution in [3.63, 3.8) is 0 Å². The van der Waals surface area contributed by atoms with E-state index < -0.39 is 24.5 Å². The topological polar surface area (TPSA) is 116 Å². The Kier molecular flexibility index (Phi) is 7.55. The SMILES string of the molecule is COC(=O)c1cccc(OC(C)(C)C(C)(C)O)c1.OB(O)O. The summed E-state index contributed by atoms with van der Waals surface area (Å²) in [5, 5.41) is 31.5. The first-order chi connectivity index (χ1) is 9.90. The quantitative estimate of drug-likeness (QED) is 0.468. The monoisotopic (exact) mass is 314 g/mol. The summed E-state index contributed by atoms with van der Waals surface area (Å²) < 4.78 is 10.4. The summed E-state index contributed by atoms with van der Waals surface area (Å²) in [4.78, 5) is 11.4. The van der Waals surface area contributed by atoms with E-state index in [1.165, 1.54) is 7.11 Å². The average Bonchev–Trinajstić information content (AvgIpc) is 2.35. The molecule has 0 radical (unpaired) electrons. The van der Waals surface area contributed by atoms with E-state index in [-0.39, 0.29) is 0 Å². The number of methoxy groups -OCH3 is 1. The lowest BCUT2D eigenvalue weighted by Crippen LogP contribution is -2.49. The van der Waals surface area contributed by atoms with Gasteiger partial charge in [0, 0.05) is 0 Å². The summed E-state index contributed by atoms with van der Waals surface area (Å²) in [5.41, 5.74) is -1.36. The van der Waals surface area contributed by atoms with Gasteiger partial charge in [-0.15, -0.1) is 0 Å². The molecule has 1 aromatic carbocycles. The molecule has 0 aliphatic carbocycles. The highest BCUT2D eigenvalue weighted by molar-refractivity contribution is 6.30. The second-order valence-electron chi connectivity index (χ2n) is 5.54. The molecule has 0 fully saturated rings. The van der Waals surface area contributed by atoms with Crippen molar-refractivity contribution in [1.82, 2.24) is 0 Å². The Morgan fingerprint density at radius 3 is 2.05 bits per heavy atom. The number of hydrogen-bond acceptors (Lipinski definition) is 7. The molecule has 1 aromatic rings. The number of carbonyl (C=O) groups is 1. The molecule has 0 aromatic heterocycles. The van der Waals surface area contributed by atoms with Gasteiger partial charge in [-0.1, -0.05) is 6.07 Å². The lowest BCUT2D eigenvalue weighted by Gasteiger charge is -2.37. The van der Waals surface area contributed by atoms with Gasteiger partial charge in [0.2, 0.25) is 0 Å². The van der Waals surface area contributed by atoms with Crippen molar-refractivity contribution in [2.45, 2.75) is 38.9 Å². The number of rotatable bonds is 4. The van der Waals surface area contributed by atoms with Crippen LogP contribution in [0.1, 0.15) is 38.1 Å².